The summed E-state index contributed by atoms with van der Waals surface area (Å²) < 4.78 is 13.8. The zero-order chi connectivity index (χ0) is 18.0. The average Bonchev–Trinajstić information content (AvgIpc) is 3.19. The first-order valence-corrected chi connectivity index (χ1v) is 9.64. The van der Waals surface area contributed by atoms with Crippen LogP contribution in [0.5, 0.6) is 0 Å². The predicted molar refractivity (Wildman–Crippen MR) is 99.3 cm³/mol. The van der Waals surface area contributed by atoms with Crippen LogP contribution in [0.25, 0.3) is 0 Å². The molecule has 0 N–H and O–H groups in total. The van der Waals surface area contributed by atoms with Crippen molar-refractivity contribution >= 4 is 5.91 Å². The van der Waals surface area contributed by atoms with Crippen LogP contribution in [0.3, 0.4) is 0 Å². The van der Waals surface area contributed by atoms with Gasteiger partial charge in [0.2, 0.25) is 5.91 Å². The number of hydrogen-bond acceptors (Lipinski definition) is 2. The Morgan fingerprint density at radius 1 is 1.08 bits per heavy atom. The first kappa shape index (κ1) is 17.2. The van der Waals surface area contributed by atoms with Crippen LogP contribution in [0.2, 0.25) is 0 Å². The van der Waals surface area contributed by atoms with Gasteiger partial charge in [-0.25, -0.2) is 4.39 Å². The lowest BCUT2D eigenvalue weighted by molar-refractivity contribution is -0.138. The molecule has 2 fully saturated rings. The van der Waals surface area contributed by atoms with Crippen LogP contribution in [-0.4, -0.2) is 28.9 Å². The summed E-state index contributed by atoms with van der Waals surface area (Å²) in [6.07, 6.45) is 9.38. The minimum absolute atomic E-state index is 0.203. The fourth-order valence-corrected chi connectivity index (χ4v) is 4.74. The van der Waals surface area contributed by atoms with Crippen LogP contribution in [0.15, 0.2) is 48.8 Å². The molecule has 1 saturated heterocycles. The minimum Gasteiger partial charge on any atom is -0.342 e. The summed E-state index contributed by atoms with van der Waals surface area (Å²) in [7, 11) is 0. The van der Waals surface area contributed by atoms with Gasteiger partial charge in [0.15, 0.2) is 0 Å². The summed E-state index contributed by atoms with van der Waals surface area (Å²) in [6.45, 7) is 1.56. The fourth-order valence-electron chi connectivity index (χ4n) is 4.74. The maximum absolute atomic E-state index is 13.8. The quantitative estimate of drug-likeness (QED) is 0.818. The van der Waals surface area contributed by atoms with Crippen LogP contribution in [0, 0.1) is 5.82 Å². The molecule has 136 valence electrons. The zero-order valence-electron chi connectivity index (χ0n) is 15.0. The van der Waals surface area contributed by atoms with Gasteiger partial charge in [-0.2, -0.15) is 0 Å². The molecule has 0 bridgehead atoms. The lowest BCUT2D eigenvalue weighted by atomic mass is 9.76. The number of pyridine rings is 1. The van der Waals surface area contributed by atoms with E-state index in [1.807, 2.05) is 23.4 Å². The number of carbonyl (C=O) groups excluding carboxylic acids is 1. The molecule has 1 aliphatic carbocycles. The van der Waals surface area contributed by atoms with E-state index in [1.165, 1.54) is 11.6 Å². The molecule has 1 aromatic heterocycles. The number of aromatic nitrogens is 1. The van der Waals surface area contributed by atoms with Crippen molar-refractivity contribution in [2.75, 3.05) is 13.1 Å². The molecule has 4 rings (SSSR count). The molecule has 0 atom stereocenters. The minimum atomic E-state index is -0.522. The van der Waals surface area contributed by atoms with Gasteiger partial charge in [0, 0.05) is 25.5 Å². The molecule has 4 heteroatoms. The molecule has 2 heterocycles. The van der Waals surface area contributed by atoms with Crippen molar-refractivity contribution in [1.29, 1.82) is 0 Å². The van der Waals surface area contributed by atoms with E-state index in [4.69, 9.17) is 0 Å². The molecule has 3 nitrogen and oxygen atoms in total. The Morgan fingerprint density at radius 2 is 1.77 bits per heavy atom. The van der Waals surface area contributed by atoms with Crippen molar-refractivity contribution in [1.82, 2.24) is 9.88 Å². The molecule has 1 aromatic carbocycles. The third-order valence-electron chi connectivity index (χ3n) is 6.20. The van der Waals surface area contributed by atoms with Crippen molar-refractivity contribution in [2.45, 2.75) is 49.9 Å². The Kier molecular flexibility index (Phi) is 4.75. The van der Waals surface area contributed by atoms with Crippen molar-refractivity contribution in [3.05, 3.63) is 65.7 Å². The van der Waals surface area contributed by atoms with Crippen LogP contribution in [0.1, 0.15) is 55.6 Å². The van der Waals surface area contributed by atoms with E-state index >= 15 is 0 Å². The molecule has 1 amide bonds. The average molecular weight is 352 g/mol. The normalized spacial score (nSPS) is 20.3. The number of piperidine rings is 1. The maximum Gasteiger partial charge on any atom is 0.233 e. The third kappa shape index (κ3) is 3.13. The molecular formula is C22H25FN2O. The van der Waals surface area contributed by atoms with Crippen LogP contribution in [-0.2, 0) is 10.2 Å². The van der Waals surface area contributed by atoms with Crippen molar-refractivity contribution in [3.63, 3.8) is 0 Å². The lowest BCUT2D eigenvalue weighted by Gasteiger charge is -2.39. The molecule has 2 aliphatic rings. The Hall–Kier alpha value is -2.23. The van der Waals surface area contributed by atoms with Gasteiger partial charge in [-0.05, 0) is 67.0 Å². The molecule has 0 spiro atoms. The van der Waals surface area contributed by atoms with E-state index in [-0.39, 0.29) is 11.7 Å². The van der Waals surface area contributed by atoms with E-state index < -0.39 is 5.41 Å². The Balaban J connectivity index is 1.51. The molecule has 26 heavy (non-hydrogen) atoms. The Labute approximate surface area is 154 Å². The molecular weight excluding hydrogens is 327 g/mol. The number of benzene rings is 1. The molecule has 0 radical (unpaired) electrons. The van der Waals surface area contributed by atoms with E-state index in [2.05, 4.69) is 17.1 Å². The monoisotopic (exact) mass is 352 g/mol. The topological polar surface area (TPSA) is 33.2 Å². The van der Waals surface area contributed by atoms with Crippen molar-refractivity contribution < 1.29 is 9.18 Å². The summed E-state index contributed by atoms with van der Waals surface area (Å²) in [5, 5.41) is 0. The smallest absolute Gasteiger partial charge is 0.233 e. The first-order chi connectivity index (χ1) is 12.7. The zero-order valence-corrected chi connectivity index (χ0v) is 15.0. The van der Waals surface area contributed by atoms with Crippen LogP contribution < -0.4 is 0 Å². The van der Waals surface area contributed by atoms with Gasteiger partial charge in [-0.1, -0.05) is 25.0 Å². The number of amides is 1. The second-order valence-corrected chi connectivity index (χ2v) is 7.65. The molecule has 1 aliphatic heterocycles. The van der Waals surface area contributed by atoms with Gasteiger partial charge in [-0.15, -0.1) is 0 Å². The van der Waals surface area contributed by atoms with Crippen LogP contribution in [0.4, 0.5) is 4.39 Å². The summed E-state index contributed by atoms with van der Waals surface area (Å²) in [6, 6.07) is 10.8. The highest BCUT2D eigenvalue weighted by atomic mass is 19.1. The summed E-state index contributed by atoms with van der Waals surface area (Å²) >= 11 is 0. The Morgan fingerprint density at radius 3 is 2.42 bits per heavy atom. The highest BCUT2D eigenvalue weighted by Gasteiger charge is 2.45. The second kappa shape index (κ2) is 7.18. The van der Waals surface area contributed by atoms with E-state index in [0.29, 0.717) is 5.92 Å². The summed E-state index contributed by atoms with van der Waals surface area (Å²) in [5.74, 6) is 0.447. The number of hydrogen-bond donors (Lipinski definition) is 0. The second-order valence-electron chi connectivity index (χ2n) is 7.65. The number of carbonyl (C=O) groups is 1. The summed E-state index contributed by atoms with van der Waals surface area (Å²) in [5.41, 5.74) is 1.65. The lowest BCUT2D eigenvalue weighted by Crippen LogP contribution is -2.48. The van der Waals surface area contributed by atoms with Gasteiger partial charge >= 0.3 is 0 Å². The number of likely N-dealkylation sites (tertiary alicyclic amines) is 1. The predicted octanol–water partition coefficient (Wildman–Crippen LogP) is 4.44. The van der Waals surface area contributed by atoms with E-state index in [9.17, 15) is 9.18 Å². The maximum atomic E-state index is 13.8. The number of nitrogens with zero attached hydrogens (tertiary/aromatic N) is 2. The van der Waals surface area contributed by atoms with Gasteiger partial charge in [0.25, 0.3) is 0 Å². The van der Waals surface area contributed by atoms with Crippen LogP contribution >= 0.6 is 0 Å². The van der Waals surface area contributed by atoms with Gasteiger partial charge < -0.3 is 4.90 Å². The largest absolute Gasteiger partial charge is 0.342 e. The highest BCUT2D eigenvalue weighted by molar-refractivity contribution is 5.88. The molecule has 2 aromatic rings. The first-order valence-electron chi connectivity index (χ1n) is 9.64. The Bertz CT molecular complexity index is 763. The van der Waals surface area contributed by atoms with Crippen molar-refractivity contribution in [2.24, 2.45) is 0 Å². The highest BCUT2D eigenvalue weighted by Crippen LogP contribution is 2.43. The van der Waals surface area contributed by atoms with Gasteiger partial charge in [-0.3, -0.25) is 9.78 Å². The number of rotatable bonds is 3. The molecule has 0 unspecified atom stereocenters. The van der Waals surface area contributed by atoms with E-state index in [0.717, 1.165) is 57.2 Å². The van der Waals surface area contributed by atoms with E-state index in [1.54, 1.807) is 12.1 Å². The summed E-state index contributed by atoms with van der Waals surface area (Å²) in [4.78, 5) is 19.6. The third-order valence-corrected chi connectivity index (χ3v) is 6.20. The molecule has 1 saturated carbocycles. The van der Waals surface area contributed by atoms with Gasteiger partial charge in [0.1, 0.15) is 5.82 Å². The van der Waals surface area contributed by atoms with Crippen molar-refractivity contribution in [3.8, 4) is 0 Å². The van der Waals surface area contributed by atoms with Gasteiger partial charge in [0.05, 0.1) is 5.41 Å². The SMILES string of the molecule is O=C(N1CCC(c2ccncc2)CC1)C1(c2cccc(F)c2)CCCC1. The standard InChI is InChI=1S/C22H25FN2O/c23-20-5-3-4-19(16-20)22(10-1-2-11-22)21(26)25-14-8-18(9-15-25)17-6-12-24-13-7-17/h3-7,12-13,16,18H,1-2,8-11,14-15H2. The number of halogens is 1. The fraction of sp³-hybridized carbons (Fsp3) is 0.455.